The lowest BCUT2D eigenvalue weighted by Crippen LogP contribution is -1.86. The van der Waals surface area contributed by atoms with Gasteiger partial charge in [0, 0.05) is 7.11 Å². The van der Waals surface area contributed by atoms with Crippen molar-refractivity contribution in [1.82, 2.24) is 0 Å². The Morgan fingerprint density at radius 2 is 0.625 bits per heavy atom. The zero-order valence-corrected chi connectivity index (χ0v) is 20.5. The Kier molecular flexibility index (Phi) is 9.43. The zero-order valence-electron chi connectivity index (χ0n) is 20.5. The van der Waals surface area contributed by atoms with Crippen molar-refractivity contribution in [2.45, 2.75) is 41.5 Å². The third-order valence-electron chi connectivity index (χ3n) is 5.78. The summed E-state index contributed by atoms with van der Waals surface area (Å²) in [5.41, 5.74) is 13.2. The van der Waals surface area contributed by atoms with E-state index in [1.165, 1.54) is 55.6 Å². The molecule has 0 saturated heterocycles. The molecule has 0 aliphatic carbocycles. The second-order valence-corrected chi connectivity index (χ2v) is 8.33. The first kappa shape index (κ1) is 25.1. The molecule has 32 heavy (non-hydrogen) atoms. The van der Waals surface area contributed by atoms with Crippen LogP contribution in [0.25, 0.3) is 22.3 Å². The standard InChI is InChI=1S/C16H18.C14H14.CH4O/c1-11-5-7-15(9-13(11)3)16-8-6-12(2)14(4)10-16;1-11-3-7-13(8-4-11)14-9-5-12(2)6-10-14;1-2/h5-10H,1-4H3;3-10H,1-2H3;2H,1H3. The normalized spacial score (nSPS) is 9.88. The highest BCUT2D eigenvalue weighted by atomic mass is 16.2. The van der Waals surface area contributed by atoms with Gasteiger partial charge in [-0.15, -0.1) is 0 Å². The van der Waals surface area contributed by atoms with Crippen LogP contribution in [-0.2, 0) is 0 Å². The van der Waals surface area contributed by atoms with Crippen molar-refractivity contribution >= 4 is 0 Å². The van der Waals surface area contributed by atoms with E-state index in [9.17, 15) is 0 Å². The number of benzene rings is 4. The fourth-order valence-corrected chi connectivity index (χ4v) is 3.33. The molecule has 0 atom stereocenters. The third-order valence-corrected chi connectivity index (χ3v) is 5.78. The minimum atomic E-state index is 1.00. The van der Waals surface area contributed by atoms with Crippen LogP contribution < -0.4 is 0 Å². The van der Waals surface area contributed by atoms with Crippen LogP contribution in [0.15, 0.2) is 84.9 Å². The van der Waals surface area contributed by atoms with Crippen LogP contribution in [0.5, 0.6) is 0 Å². The van der Waals surface area contributed by atoms with Gasteiger partial charge in [0.2, 0.25) is 0 Å². The van der Waals surface area contributed by atoms with Gasteiger partial charge in [0.1, 0.15) is 0 Å². The average molecular weight is 425 g/mol. The third kappa shape index (κ3) is 6.93. The molecule has 1 heteroatoms. The number of hydrogen-bond donors (Lipinski definition) is 1. The van der Waals surface area contributed by atoms with E-state index in [-0.39, 0.29) is 0 Å². The van der Waals surface area contributed by atoms with Gasteiger partial charge in [-0.1, -0.05) is 96.1 Å². The lowest BCUT2D eigenvalue weighted by atomic mass is 9.98. The molecular formula is C31H36O. The molecule has 4 aromatic rings. The summed E-state index contributed by atoms with van der Waals surface area (Å²) in [6.45, 7) is 12.9. The van der Waals surface area contributed by atoms with Gasteiger partial charge in [-0.05, 0) is 86.1 Å². The van der Waals surface area contributed by atoms with Crippen LogP contribution >= 0.6 is 0 Å². The summed E-state index contributed by atoms with van der Waals surface area (Å²) in [6.07, 6.45) is 0. The summed E-state index contributed by atoms with van der Waals surface area (Å²) in [5.74, 6) is 0. The Morgan fingerprint density at radius 1 is 0.344 bits per heavy atom. The largest absolute Gasteiger partial charge is 0.400 e. The number of aliphatic hydroxyl groups is 1. The molecule has 0 saturated carbocycles. The Morgan fingerprint density at radius 3 is 0.906 bits per heavy atom. The SMILES string of the molecule is CO.Cc1ccc(-c2ccc(C)c(C)c2)cc1C.Cc1ccc(-c2ccc(C)cc2)cc1. The molecule has 0 amide bonds. The van der Waals surface area contributed by atoms with Gasteiger partial charge < -0.3 is 5.11 Å². The lowest BCUT2D eigenvalue weighted by molar-refractivity contribution is 0.399. The highest BCUT2D eigenvalue weighted by Gasteiger charge is 2.01. The molecule has 0 heterocycles. The lowest BCUT2D eigenvalue weighted by Gasteiger charge is -2.08. The van der Waals surface area contributed by atoms with Crippen molar-refractivity contribution < 1.29 is 5.11 Å². The Bertz CT molecular complexity index is 1030. The average Bonchev–Trinajstić information content (AvgIpc) is 2.80. The van der Waals surface area contributed by atoms with Crippen LogP contribution in [-0.4, -0.2) is 12.2 Å². The number of rotatable bonds is 2. The maximum absolute atomic E-state index is 7.00. The molecule has 0 fully saturated rings. The first-order valence-electron chi connectivity index (χ1n) is 11.1. The van der Waals surface area contributed by atoms with Crippen molar-refractivity contribution in [3.05, 3.63) is 118 Å². The fourth-order valence-electron chi connectivity index (χ4n) is 3.33. The first-order valence-corrected chi connectivity index (χ1v) is 11.1. The van der Waals surface area contributed by atoms with Gasteiger partial charge in [0.05, 0.1) is 0 Å². The number of aliphatic hydroxyl groups excluding tert-OH is 1. The first-order chi connectivity index (χ1) is 15.3. The molecule has 1 N–H and O–H groups in total. The van der Waals surface area contributed by atoms with E-state index in [1.54, 1.807) is 0 Å². The van der Waals surface area contributed by atoms with E-state index in [4.69, 9.17) is 5.11 Å². The van der Waals surface area contributed by atoms with Crippen molar-refractivity contribution in [2.24, 2.45) is 0 Å². The molecule has 0 aliphatic heterocycles. The van der Waals surface area contributed by atoms with Crippen LogP contribution in [0.4, 0.5) is 0 Å². The Hall–Kier alpha value is -3.16. The molecule has 0 aromatic heterocycles. The predicted octanol–water partition coefficient (Wildman–Crippen LogP) is 8.17. The van der Waals surface area contributed by atoms with E-state index >= 15 is 0 Å². The van der Waals surface area contributed by atoms with E-state index in [2.05, 4.69) is 126 Å². The van der Waals surface area contributed by atoms with Crippen LogP contribution in [0.1, 0.15) is 33.4 Å². The second kappa shape index (κ2) is 12.0. The highest BCUT2D eigenvalue weighted by molar-refractivity contribution is 5.66. The molecule has 4 rings (SSSR count). The van der Waals surface area contributed by atoms with Crippen LogP contribution in [0.2, 0.25) is 0 Å². The van der Waals surface area contributed by atoms with Gasteiger partial charge in [0.15, 0.2) is 0 Å². The molecule has 1 nitrogen and oxygen atoms in total. The second-order valence-electron chi connectivity index (χ2n) is 8.33. The van der Waals surface area contributed by atoms with Gasteiger partial charge in [-0.2, -0.15) is 0 Å². The van der Waals surface area contributed by atoms with Gasteiger partial charge in [-0.3, -0.25) is 0 Å². The summed E-state index contributed by atoms with van der Waals surface area (Å²) < 4.78 is 0. The maximum Gasteiger partial charge on any atom is 0.0319 e. The molecule has 0 unspecified atom stereocenters. The molecule has 0 radical (unpaired) electrons. The molecule has 0 bridgehead atoms. The van der Waals surface area contributed by atoms with E-state index in [0.29, 0.717) is 0 Å². The van der Waals surface area contributed by atoms with Gasteiger partial charge >= 0.3 is 0 Å². The van der Waals surface area contributed by atoms with Crippen molar-refractivity contribution in [1.29, 1.82) is 0 Å². The van der Waals surface area contributed by atoms with Crippen molar-refractivity contribution in [2.75, 3.05) is 7.11 Å². The van der Waals surface area contributed by atoms with E-state index in [0.717, 1.165) is 7.11 Å². The molecular weight excluding hydrogens is 388 g/mol. The maximum atomic E-state index is 7.00. The molecule has 166 valence electrons. The smallest absolute Gasteiger partial charge is 0.0319 e. The van der Waals surface area contributed by atoms with Crippen LogP contribution in [0, 0.1) is 41.5 Å². The summed E-state index contributed by atoms with van der Waals surface area (Å²) in [4.78, 5) is 0. The minimum absolute atomic E-state index is 1.00. The quantitative estimate of drug-likeness (QED) is 0.344. The van der Waals surface area contributed by atoms with E-state index < -0.39 is 0 Å². The predicted molar refractivity (Wildman–Crippen MR) is 140 cm³/mol. The van der Waals surface area contributed by atoms with Crippen molar-refractivity contribution in [3.63, 3.8) is 0 Å². The highest BCUT2D eigenvalue weighted by Crippen LogP contribution is 2.24. The summed E-state index contributed by atoms with van der Waals surface area (Å²) in [5, 5.41) is 7.00. The zero-order chi connectivity index (χ0) is 23.7. The van der Waals surface area contributed by atoms with Crippen LogP contribution in [0.3, 0.4) is 0 Å². The monoisotopic (exact) mass is 424 g/mol. The Balaban J connectivity index is 0.000000212. The fraction of sp³-hybridized carbons (Fsp3) is 0.226. The molecule has 4 aromatic carbocycles. The molecule has 0 spiro atoms. The number of hydrogen-bond acceptors (Lipinski definition) is 1. The minimum Gasteiger partial charge on any atom is -0.400 e. The Labute approximate surface area is 194 Å². The summed E-state index contributed by atoms with van der Waals surface area (Å²) in [6, 6.07) is 30.6. The van der Waals surface area contributed by atoms with Gasteiger partial charge in [-0.25, -0.2) is 0 Å². The summed E-state index contributed by atoms with van der Waals surface area (Å²) in [7, 11) is 1.00. The van der Waals surface area contributed by atoms with E-state index in [1.807, 2.05) is 0 Å². The molecule has 0 aliphatic rings. The summed E-state index contributed by atoms with van der Waals surface area (Å²) >= 11 is 0. The number of aryl methyl sites for hydroxylation is 6. The van der Waals surface area contributed by atoms with Gasteiger partial charge in [0.25, 0.3) is 0 Å². The van der Waals surface area contributed by atoms with Crippen molar-refractivity contribution in [3.8, 4) is 22.3 Å². The topological polar surface area (TPSA) is 20.2 Å².